The molecule has 6 nitrogen and oxygen atoms in total. The van der Waals surface area contributed by atoms with Gasteiger partial charge < -0.3 is 10.1 Å². The SMILES string of the molecule is O=S(=O)(c1cnc[nH]1)N1CC(O)C1. The average molecular weight is 203 g/mol. The number of β-amino-alcohol motifs (C(OH)–C–C–N with tert-alkyl or cyclic N) is 1. The number of aliphatic hydroxyl groups is 1. The Kier molecular flexibility index (Phi) is 1.86. The maximum absolute atomic E-state index is 11.6. The molecule has 2 N–H and O–H groups in total. The van der Waals surface area contributed by atoms with Crippen LogP contribution in [0.2, 0.25) is 0 Å². The van der Waals surface area contributed by atoms with E-state index in [1.165, 1.54) is 16.8 Å². The Hall–Kier alpha value is -0.920. The van der Waals surface area contributed by atoms with Crippen molar-refractivity contribution in [1.82, 2.24) is 14.3 Å². The number of sulfonamides is 1. The van der Waals surface area contributed by atoms with Gasteiger partial charge in [0.1, 0.15) is 0 Å². The minimum Gasteiger partial charge on any atom is -0.390 e. The molecule has 1 saturated heterocycles. The van der Waals surface area contributed by atoms with Gasteiger partial charge in [-0.2, -0.15) is 4.31 Å². The monoisotopic (exact) mass is 203 g/mol. The van der Waals surface area contributed by atoms with E-state index in [0.29, 0.717) is 0 Å². The highest BCUT2D eigenvalue weighted by Crippen LogP contribution is 2.18. The van der Waals surface area contributed by atoms with Gasteiger partial charge in [-0.15, -0.1) is 0 Å². The lowest BCUT2D eigenvalue weighted by Crippen LogP contribution is -2.53. The van der Waals surface area contributed by atoms with Crippen LogP contribution in [0.15, 0.2) is 17.6 Å². The second kappa shape index (κ2) is 2.79. The summed E-state index contributed by atoms with van der Waals surface area (Å²) in [6.07, 6.45) is 2.03. The van der Waals surface area contributed by atoms with Crippen LogP contribution in [-0.2, 0) is 10.0 Å². The minimum absolute atomic E-state index is 0.0689. The zero-order chi connectivity index (χ0) is 9.47. The Morgan fingerprint density at radius 2 is 2.31 bits per heavy atom. The first-order valence-corrected chi connectivity index (χ1v) is 5.21. The van der Waals surface area contributed by atoms with Gasteiger partial charge in [0.15, 0.2) is 5.03 Å². The Labute approximate surface area is 75.3 Å². The van der Waals surface area contributed by atoms with Gasteiger partial charge >= 0.3 is 0 Å². The van der Waals surface area contributed by atoms with Crippen LogP contribution in [0.3, 0.4) is 0 Å². The van der Waals surface area contributed by atoms with Crippen molar-refractivity contribution in [3.63, 3.8) is 0 Å². The smallest absolute Gasteiger partial charge is 0.260 e. The molecule has 2 heterocycles. The molecule has 1 aliphatic heterocycles. The molecular formula is C6H9N3O3S. The van der Waals surface area contributed by atoms with Gasteiger partial charge in [0.25, 0.3) is 10.0 Å². The van der Waals surface area contributed by atoms with Crippen LogP contribution < -0.4 is 0 Å². The largest absolute Gasteiger partial charge is 0.390 e. The zero-order valence-corrected chi connectivity index (χ0v) is 7.53. The molecule has 72 valence electrons. The summed E-state index contributed by atoms with van der Waals surface area (Å²) >= 11 is 0. The summed E-state index contributed by atoms with van der Waals surface area (Å²) < 4.78 is 24.3. The van der Waals surface area contributed by atoms with Gasteiger partial charge in [0.05, 0.1) is 18.6 Å². The van der Waals surface area contributed by atoms with Crippen LogP contribution in [0.4, 0.5) is 0 Å². The average Bonchev–Trinajstić information content (AvgIpc) is 2.50. The number of nitrogens with zero attached hydrogens (tertiary/aromatic N) is 2. The lowest BCUT2D eigenvalue weighted by atomic mass is 10.2. The van der Waals surface area contributed by atoms with E-state index in [4.69, 9.17) is 5.11 Å². The molecule has 7 heteroatoms. The normalized spacial score (nSPS) is 20.1. The second-order valence-corrected chi connectivity index (χ2v) is 4.80. The maximum Gasteiger partial charge on any atom is 0.260 e. The van der Waals surface area contributed by atoms with Crippen molar-refractivity contribution >= 4 is 10.0 Å². The summed E-state index contributed by atoms with van der Waals surface area (Å²) in [4.78, 5) is 6.14. The topological polar surface area (TPSA) is 86.3 Å². The number of aromatic nitrogens is 2. The zero-order valence-electron chi connectivity index (χ0n) is 6.71. The molecule has 13 heavy (non-hydrogen) atoms. The van der Waals surface area contributed by atoms with Gasteiger partial charge in [0.2, 0.25) is 0 Å². The first-order valence-electron chi connectivity index (χ1n) is 3.77. The fourth-order valence-corrected chi connectivity index (χ4v) is 2.55. The lowest BCUT2D eigenvalue weighted by Gasteiger charge is -2.33. The number of rotatable bonds is 2. The van der Waals surface area contributed by atoms with Gasteiger partial charge in [-0.05, 0) is 0 Å². The molecule has 0 spiro atoms. The molecule has 0 unspecified atom stereocenters. The standard InChI is InChI=1S/C6H9N3O3S/c10-5-2-9(3-5)13(11,12)6-1-7-4-8-6/h1,4-5,10H,2-3H2,(H,7,8). The molecule has 0 bridgehead atoms. The molecular weight excluding hydrogens is 194 g/mol. The summed E-state index contributed by atoms with van der Waals surface area (Å²) in [7, 11) is -3.44. The minimum atomic E-state index is -3.44. The lowest BCUT2D eigenvalue weighted by molar-refractivity contribution is 0.0546. The Balaban J connectivity index is 2.23. The third kappa shape index (κ3) is 1.34. The van der Waals surface area contributed by atoms with Crippen molar-refractivity contribution in [1.29, 1.82) is 0 Å². The Morgan fingerprint density at radius 1 is 1.62 bits per heavy atom. The number of aliphatic hydroxyl groups excluding tert-OH is 1. The highest BCUT2D eigenvalue weighted by atomic mass is 32.2. The van der Waals surface area contributed by atoms with Crippen LogP contribution in [-0.4, -0.2) is 47.0 Å². The number of nitrogens with one attached hydrogen (secondary N) is 1. The predicted molar refractivity (Wildman–Crippen MR) is 43.4 cm³/mol. The Morgan fingerprint density at radius 3 is 2.77 bits per heavy atom. The van der Waals surface area contributed by atoms with E-state index in [2.05, 4.69) is 9.97 Å². The summed E-state index contributed by atoms with van der Waals surface area (Å²) in [6, 6.07) is 0. The summed E-state index contributed by atoms with van der Waals surface area (Å²) in [6.45, 7) is 0.336. The van der Waals surface area contributed by atoms with Crippen molar-refractivity contribution in [2.24, 2.45) is 0 Å². The maximum atomic E-state index is 11.6. The summed E-state index contributed by atoms with van der Waals surface area (Å²) in [5.41, 5.74) is 0. The molecule has 1 aliphatic rings. The molecule has 0 saturated carbocycles. The molecule has 0 atom stereocenters. The molecule has 0 amide bonds. The predicted octanol–water partition coefficient (Wildman–Crippen LogP) is -1.23. The molecule has 1 aromatic rings. The van der Waals surface area contributed by atoms with Crippen LogP contribution in [0.25, 0.3) is 0 Å². The van der Waals surface area contributed by atoms with Gasteiger partial charge in [-0.25, -0.2) is 13.4 Å². The first kappa shape index (κ1) is 8.67. The second-order valence-electron chi connectivity index (χ2n) is 2.89. The van der Waals surface area contributed by atoms with E-state index in [0.717, 1.165) is 0 Å². The quantitative estimate of drug-likeness (QED) is 0.630. The van der Waals surface area contributed by atoms with Crippen LogP contribution >= 0.6 is 0 Å². The van der Waals surface area contributed by atoms with E-state index in [9.17, 15) is 8.42 Å². The van der Waals surface area contributed by atoms with Gasteiger partial charge in [-0.3, -0.25) is 0 Å². The van der Waals surface area contributed by atoms with Crippen LogP contribution in [0.1, 0.15) is 0 Å². The summed E-state index contributed by atoms with van der Waals surface area (Å²) in [5, 5.41) is 9.02. The number of aromatic amines is 1. The van der Waals surface area contributed by atoms with Gasteiger partial charge in [-0.1, -0.05) is 0 Å². The number of hydrogen-bond acceptors (Lipinski definition) is 4. The highest BCUT2D eigenvalue weighted by Gasteiger charge is 2.36. The molecule has 1 aromatic heterocycles. The number of hydrogen-bond donors (Lipinski definition) is 2. The number of H-pyrrole nitrogens is 1. The van der Waals surface area contributed by atoms with E-state index < -0.39 is 16.1 Å². The summed E-state index contributed by atoms with van der Waals surface area (Å²) in [5.74, 6) is 0. The third-order valence-electron chi connectivity index (χ3n) is 1.92. The molecule has 1 fully saturated rings. The molecule has 0 aromatic carbocycles. The highest BCUT2D eigenvalue weighted by molar-refractivity contribution is 7.89. The van der Waals surface area contributed by atoms with Crippen molar-refractivity contribution in [2.45, 2.75) is 11.1 Å². The fourth-order valence-electron chi connectivity index (χ4n) is 1.14. The third-order valence-corrected chi connectivity index (χ3v) is 3.68. The van der Waals surface area contributed by atoms with E-state index in [-0.39, 0.29) is 18.1 Å². The van der Waals surface area contributed by atoms with E-state index >= 15 is 0 Å². The van der Waals surface area contributed by atoms with E-state index in [1.807, 2.05) is 0 Å². The van der Waals surface area contributed by atoms with Crippen LogP contribution in [0, 0.1) is 0 Å². The van der Waals surface area contributed by atoms with Crippen molar-refractivity contribution < 1.29 is 13.5 Å². The van der Waals surface area contributed by atoms with Crippen molar-refractivity contribution in [3.05, 3.63) is 12.5 Å². The first-order chi connectivity index (χ1) is 6.10. The van der Waals surface area contributed by atoms with E-state index in [1.54, 1.807) is 0 Å². The van der Waals surface area contributed by atoms with Gasteiger partial charge in [0, 0.05) is 13.1 Å². The van der Waals surface area contributed by atoms with Crippen LogP contribution in [0.5, 0.6) is 0 Å². The Bertz CT molecular complexity index is 379. The van der Waals surface area contributed by atoms with Crippen molar-refractivity contribution in [3.8, 4) is 0 Å². The molecule has 2 rings (SSSR count). The fraction of sp³-hybridized carbons (Fsp3) is 0.500. The molecule has 0 aliphatic carbocycles. The van der Waals surface area contributed by atoms with Crippen molar-refractivity contribution in [2.75, 3.05) is 13.1 Å². The molecule has 0 radical (unpaired) electrons. The number of imidazole rings is 1.